The van der Waals surface area contributed by atoms with E-state index in [9.17, 15) is 0 Å². The van der Waals surface area contributed by atoms with Crippen LogP contribution in [0.5, 0.6) is 0 Å². The first-order chi connectivity index (χ1) is 6.26. The number of hydrogen-bond acceptors (Lipinski definition) is 2. The van der Waals surface area contributed by atoms with Crippen LogP contribution in [0.25, 0.3) is 0 Å². The summed E-state index contributed by atoms with van der Waals surface area (Å²) in [5.74, 6) is 0.846. The van der Waals surface area contributed by atoms with Crippen molar-refractivity contribution in [1.29, 1.82) is 0 Å². The molecule has 1 aliphatic heterocycles. The summed E-state index contributed by atoms with van der Waals surface area (Å²) in [6, 6.07) is 0. The van der Waals surface area contributed by atoms with Crippen molar-refractivity contribution in [3.05, 3.63) is 12.2 Å². The molecule has 0 saturated carbocycles. The Morgan fingerprint density at radius 1 is 1.46 bits per heavy atom. The number of piperidine rings is 1. The summed E-state index contributed by atoms with van der Waals surface area (Å²) in [6.07, 6.45) is 3.80. The topological polar surface area (TPSA) is 29.3 Å². The molecule has 2 nitrogen and oxygen atoms in total. The van der Waals surface area contributed by atoms with Crippen LogP contribution in [0, 0.1) is 5.92 Å². The first-order valence-corrected chi connectivity index (χ1v) is 5.35. The first kappa shape index (κ1) is 10.7. The molecule has 2 N–H and O–H groups in total. The maximum Gasteiger partial charge on any atom is 0.0134 e. The van der Waals surface area contributed by atoms with E-state index in [2.05, 4.69) is 18.4 Å². The quantitative estimate of drug-likeness (QED) is 0.669. The minimum absolute atomic E-state index is 0.661. The van der Waals surface area contributed by atoms with Crippen LogP contribution in [0.1, 0.15) is 26.2 Å². The summed E-state index contributed by atoms with van der Waals surface area (Å²) >= 11 is 0. The first-order valence-electron chi connectivity index (χ1n) is 5.35. The van der Waals surface area contributed by atoms with Gasteiger partial charge in [0.05, 0.1) is 0 Å². The second-order valence-corrected chi connectivity index (χ2v) is 4.04. The van der Waals surface area contributed by atoms with Crippen molar-refractivity contribution < 1.29 is 0 Å². The number of nitrogens with zero attached hydrogens (tertiary/aromatic N) is 1. The number of likely N-dealkylation sites (tertiary alicyclic amines) is 1. The van der Waals surface area contributed by atoms with Gasteiger partial charge >= 0.3 is 0 Å². The molecule has 0 bridgehead atoms. The van der Waals surface area contributed by atoms with Crippen molar-refractivity contribution in [3.8, 4) is 0 Å². The lowest BCUT2D eigenvalue weighted by molar-refractivity contribution is 0.192. The molecule has 1 heterocycles. The highest BCUT2D eigenvalue weighted by molar-refractivity contribution is 4.97. The van der Waals surface area contributed by atoms with E-state index in [0.717, 1.165) is 12.3 Å². The van der Waals surface area contributed by atoms with Crippen LogP contribution in [0.15, 0.2) is 12.2 Å². The molecule has 0 unspecified atom stereocenters. The van der Waals surface area contributed by atoms with Crippen molar-refractivity contribution in [3.63, 3.8) is 0 Å². The molecule has 76 valence electrons. The Bertz CT molecular complexity index is 157. The van der Waals surface area contributed by atoms with Crippen LogP contribution >= 0.6 is 0 Å². The monoisotopic (exact) mass is 182 g/mol. The predicted octanol–water partition coefficient (Wildman–Crippen LogP) is 1.62. The molecule has 1 saturated heterocycles. The highest BCUT2D eigenvalue weighted by Crippen LogP contribution is 2.22. The third kappa shape index (κ3) is 3.49. The Morgan fingerprint density at radius 2 is 2.08 bits per heavy atom. The van der Waals surface area contributed by atoms with Gasteiger partial charge < -0.3 is 10.6 Å². The predicted molar refractivity (Wildman–Crippen MR) is 57.6 cm³/mol. The Hall–Kier alpha value is -0.340. The standard InChI is InChI=1S/C11H22N2/c1-3-13-6-4-11(5-7-13)8-10(2)9-12/h11H,2-9,12H2,1H3. The lowest BCUT2D eigenvalue weighted by Gasteiger charge is -2.31. The van der Waals surface area contributed by atoms with Gasteiger partial charge in [0, 0.05) is 6.54 Å². The highest BCUT2D eigenvalue weighted by atomic mass is 15.1. The zero-order chi connectivity index (χ0) is 9.68. The fourth-order valence-corrected chi connectivity index (χ4v) is 2.00. The van der Waals surface area contributed by atoms with E-state index in [1.807, 2.05) is 0 Å². The molecule has 0 aromatic heterocycles. The Labute approximate surface area is 81.8 Å². The number of hydrogen-bond donors (Lipinski definition) is 1. The van der Waals surface area contributed by atoms with Crippen LogP contribution in [0.4, 0.5) is 0 Å². The Kier molecular flexibility index (Phi) is 4.46. The van der Waals surface area contributed by atoms with Gasteiger partial charge in [0.25, 0.3) is 0 Å². The van der Waals surface area contributed by atoms with E-state index in [0.29, 0.717) is 6.54 Å². The molecule has 0 aromatic rings. The molecule has 13 heavy (non-hydrogen) atoms. The SMILES string of the molecule is C=C(CN)CC1CCN(CC)CC1. The van der Waals surface area contributed by atoms with Gasteiger partial charge in [-0.15, -0.1) is 0 Å². The smallest absolute Gasteiger partial charge is 0.0134 e. The van der Waals surface area contributed by atoms with Crippen LogP contribution in [0.3, 0.4) is 0 Å². The summed E-state index contributed by atoms with van der Waals surface area (Å²) in [5.41, 5.74) is 6.75. The van der Waals surface area contributed by atoms with Gasteiger partial charge in [-0.2, -0.15) is 0 Å². The summed E-state index contributed by atoms with van der Waals surface area (Å²) in [7, 11) is 0. The summed E-state index contributed by atoms with van der Waals surface area (Å²) in [6.45, 7) is 10.6. The summed E-state index contributed by atoms with van der Waals surface area (Å²) < 4.78 is 0. The lowest BCUT2D eigenvalue weighted by Crippen LogP contribution is -2.33. The maximum atomic E-state index is 5.53. The fourth-order valence-electron chi connectivity index (χ4n) is 2.00. The van der Waals surface area contributed by atoms with Crippen molar-refractivity contribution >= 4 is 0 Å². The largest absolute Gasteiger partial charge is 0.327 e. The number of rotatable bonds is 4. The van der Waals surface area contributed by atoms with Gasteiger partial charge in [-0.3, -0.25) is 0 Å². The molecule has 1 rings (SSSR count). The lowest BCUT2D eigenvalue weighted by atomic mass is 9.90. The Morgan fingerprint density at radius 3 is 2.54 bits per heavy atom. The fraction of sp³-hybridized carbons (Fsp3) is 0.818. The van der Waals surface area contributed by atoms with Gasteiger partial charge in [-0.25, -0.2) is 0 Å². The molecule has 1 aliphatic rings. The highest BCUT2D eigenvalue weighted by Gasteiger charge is 2.17. The van der Waals surface area contributed by atoms with Crippen LogP contribution in [0.2, 0.25) is 0 Å². The van der Waals surface area contributed by atoms with E-state index >= 15 is 0 Å². The molecular formula is C11H22N2. The van der Waals surface area contributed by atoms with E-state index in [1.165, 1.54) is 38.0 Å². The average Bonchev–Trinajstić information content (AvgIpc) is 2.19. The van der Waals surface area contributed by atoms with Gasteiger partial charge in [-0.1, -0.05) is 19.1 Å². The van der Waals surface area contributed by atoms with E-state index in [4.69, 9.17) is 5.73 Å². The molecule has 0 amide bonds. The molecule has 0 spiro atoms. The maximum absolute atomic E-state index is 5.53. The molecule has 0 atom stereocenters. The third-order valence-corrected chi connectivity index (χ3v) is 3.02. The van der Waals surface area contributed by atoms with E-state index in [1.54, 1.807) is 0 Å². The van der Waals surface area contributed by atoms with Gasteiger partial charge in [-0.05, 0) is 44.8 Å². The normalized spacial score (nSPS) is 20.5. The van der Waals surface area contributed by atoms with Gasteiger partial charge in [0.2, 0.25) is 0 Å². The van der Waals surface area contributed by atoms with Gasteiger partial charge in [0.1, 0.15) is 0 Å². The van der Waals surface area contributed by atoms with E-state index < -0.39 is 0 Å². The minimum atomic E-state index is 0.661. The van der Waals surface area contributed by atoms with Crippen molar-refractivity contribution in [2.24, 2.45) is 11.7 Å². The summed E-state index contributed by atoms with van der Waals surface area (Å²) in [5, 5.41) is 0. The van der Waals surface area contributed by atoms with Crippen LogP contribution in [-0.2, 0) is 0 Å². The average molecular weight is 182 g/mol. The van der Waals surface area contributed by atoms with Gasteiger partial charge in [0.15, 0.2) is 0 Å². The van der Waals surface area contributed by atoms with E-state index in [-0.39, 0.29) is 0 Å². The van der Waals surface area contributed by atoms with Crippen molar-refractivity contribution in [1.82, 2.24) is 4.90 Å². The van der Waals surface area contributed by atoms with Crippen molar-refractivity contribution in [2.75, 3.05) is 26.2 Å². The second kappa shape index (κ2) is 5.40. The molecule has 2 heteroatoms. The molecular weight excluding hydrogens is 160 g/mol. The molecule has 0 aromatic carbocycles. The van der Waals surface area contributed by atoms with Crippen LogP contribution < -0.4 is 5.73 Å². The minimum Gasteiger partial charge on any atom is -0.327 e. The third-order valence-electron chi connectivity index (χ3n) is 3.02. The zero-order valence-electron chi connectivity index (χ0n) is 8.76. The molecule has 0 aliphatic carbocycles. The summed E-state index contributed by atoms with van der Waals surface area (Å²) in [4.78, 5) is 2.52. The second-order valence-electron chi connectivity index (χ2n) is 4.04. The van der Waals surface area contributed by atoms with Crippen molar-refractivity contribution in [2.45, 2.75) is 26.2 Å². The molecule has 1 fully saturated rings. The van der Waals surface area contributed by atoms with Crippen LogP contribution in [-0.4, -0.2) is 31.1 Å². The Balaban J connectivity index is 2.21. The zero-order valence-corrected chi connectivity index (χ0v) is 8.76. The number of nitrogens with two attached hydrogens (primary N) is 1. The molecule has 0 radical (unpaired) electrons.